The van der Waals surface area contributed by atoms with E-state index in [0.29, 0.717) is 3.57 Å². The number of pyridine rings is 1. The molecule has 0 aliphatic rings. The summed E-state index contributed by atoms with van der Waals surface area (Å²) in [4.78, 5) is 3.65. The van der Waals surface area contributed by atoms with Crippen LogP contribution in [0.3, 0.4) is 0 Å². The third kappa shape index (κ3) is 2.25. The number of hydrogen-bond donors (Lipinski definition) is 2. The maximum absolute atomic E-state index is 12.3. The normalized spacial score (nSPS) is 10.8. The van der Waals surface area contributed by atoms with Crippen LogP contribution in [0.4, 0.5) is 14.6 Å². The molecule has 0 atom stereocenters. The van der Waals surface area contributed by atoms with Gasteiger partial charge in [0.25, 0.3) is 6.43 Å². The molecule has 0 spiro atoms. The third-order valence-electron chi connectivity index (χ3n) is 1.50. The number of alkyl halides is 2. The second-order valence-electron chi connectivity index (χ2n) is 2.35. The summed E-state index contributed by atoms with van der Waals surface area (Å²) in [7, 11) is 0. The highest BCUT2D eigenvalue weighted by Crippen LogP contribution is 2.25. The molecule has 0 radical (unpaired) electrons. The predicted octanol–water partition coefficient (Wildman–Crippen LogP) is 1.70. The fourth-order valence-electron chi connectivity index (χ4n) is 0.873. The van der Waals surface area contributed by atoms with Gasteiger partial charge in [-0.2, -0.15) is 0 Å². The number of anilines is 1. The average molecular weight is 300 g/mol. The Labute approximate surface area is 87.1 Å². The minimum atomic E-state index is -2.64. The number of hydrogen-bond acceptors (Lipinski definition) is 3. The van der Waals surface area contributed by atoms with Gasteiger partial charge in [0.1, 0.15) is 5.82 Å². The first-order valence-electron chi connectivity index (χ1n) is 3.40. The van der Waals surface area contributed by atoms with Gasteiger partial charge < -0.3 is 10.8 Å². The lowest BCUT2D eigenvalue weighted by atomic mass is 10.2. The van der Waals surface area contributed by atoms with Crippen molar-refractivity contribution in [3.05, 3.63) is 20.9 Å². The smallest absolute Gasteiger partial charge is 0.265 e. The molecule has 3 N–H and O–H groups in total. The Bertz CT molecular complexity index is 320. The zero-order valence-electron chi connectivity index (χ0n) is 6.47. The Morgan fingerprint density at radius 2 is 2.23 bits per heavy atom. The summed E-state index contributed by atoms with van der Waals surface area (Å²) in [6.45, 7) is -0.527. The molecule has 3 nitrogen and oxygen atoms in total. The van der Waals surface area contributed by atoms with Gasteiger partial charge in [-0.15, -0.1) is 0 Å². The minimum absolute atomic E-state index is 0.0621. The Hall–Kier alpha value is -0.500. The molecule has 1 heterocycles. The van der Waals surface area contributed by atoms with Gasteiger partial charge in [0.15, 0.2) is 0 Å². The number of rotatable bonds is 2. The van der Waals surface area contributed by atoms with Crippen molar-refractivity contribution in [1.82, 2.24) is 4.98 Å². The third-order valence-corrected chi connectivity index (χ3v) is 2.36. The van der Waals surface area contributed by atoms with E-state index >= 15 is 0 Å². The van der Waals surface area contributed by atoms with Gasteiger partial charge in [0.2, 0.25) is 0 Å². The van der Waals surface area contributed by atoms with E-state index in [9.17, 15) is 8.78 Å². The van der Waals surface area contributed by atoms with Crippen LogP contribution in [0.1, 0.15) is 17.7 Å². The van der Waals surface area contributed by atoms with E-state index in [4.69, 9.17) is 10.8 Å². The van der Waals surface area contributed by atoms with Crippen molar-refractivity contribution in [2.45, 2.75) is 13.0 Å². The van der Waals surface area contributed by atoms with E-state index in [0.717, 1.165) is 0 Å². The van der Waals surface area contributed by atoms with Crippen LogP contribution in [0, 0.1) is 3.57 Å². The number of aromatic nitrogens is 1. The van der Waals surface area contributed by atoms with Crippen molar-refractivity contribution < 1.29 is 13.9 Å². The summed E-state index contributed by atoms with van der Waals surface area (Å²) in [5, 5.41) is 8.73. The lowest BCUT2D eigenvalue weighted by Gasteiger charge is -2.07. The molecule has 0 amide bonds. The zero-order chi connectivity index (χ0) is 10.0. The molecule has 0 bridgehead atoms. The molecule has 13 heavy (non-hydrogen) atoms. The van der Waals surface area contributed by atoms with E-state index in [1.807, 2.05) is 22.6 Å². The Balaban J connectivity index is 3.25. The highest BCUT2D eigenvalue weighted by atomic mass is 127. The molecule has 6 heteroatoms. The molecule has 1 aromatic rings. The van der Waals surface area contributed by atoms with E-state index < -0.39 is 13.0 Å². The van der Waals surface area contributed by atoms with Gasteiger partial charge in [0.05, 0.1) is 15.9 Å². The van der Waals surface area contributed by atoms with Crippen molar-refractivity contribution >= 4 is 28.4 Å². The first-order chi connectivity index (χ1) is 6.06. The fraction of sp³-hybridized carbons (Fsp3) is 0.286. The van der Waals surface area contributed by atoms with Crippen molar-refractivity contribution in [2.24, 2.45) is 0 Å². The summed E-state index contributed by atoms with van der Waals surface area (Å²) in [5.41, 5.74) is 5.07. The largest absolute Gasteiger partial charge is 0.390 e. The van der Waals surface area contributed by atoms with Gasteiger partial charge in [0, 0.05) is 5.56 Å². The van der Waals surface area contributed by atoms with Crippen LogP contribution >= 0.6 is 22.6 Å². The number of nitrogens with zero attached hydrogens (tertiary/aromatic N) is 1. The number of nitrogen functional groups attached to an aromatic ring is 1. The molecule has 0 saturated heterocycles. The topological polar surface area (TPSA) is 59.1 Å². The van der Waals surface area contributed by atoms with Crippen LogP contribution in [0.15, 0.2) is 6.07 Å². The molecule has 0 unspecified atom stereocenters. The Morgan fingerprint density at radius 1 is 1.62 bits per heavy atom. The summed E-state index contributed by atoms with van der Waals surface area (Å²) in [6.07, 6.45) is -2.64. The van der Waals surface area contributed by atoms with Crippen molar-refractivity contribution in [1.29, 1.82) is 0 Å². The van der Waals surface area contributed by atoms with Crippen LogP contribution < -0.4 is 5.73 Å². The molecule has 0 aliphatic carbocycles. The molecule has 72 valence electrons. The van der Waals surface area contributed by atoms with Gasteiger partial charge in [-0.1, -0.05) is 0 Å². The summed E-state index contributed by atoms with van der Waals surface area (Å²) in [5.74, 6) is 0.161. The SMILES string of the molecule is Nc1nc(CO)c(C(F)F)cc1I. The predicted molar refractivity (Wildman–Crippen MR) is 52.2 cm³/mol. The average Bonchev–Trinajstić information content (AvgIpc) is 2.08. The molecule has 0 aromatic carbocycles. The minimum Gasteiger partial charge on any atom is -0.390 e. The van der Waals surface area contributed by atoms with Gasteiger partial charge in [-0.3, -0.25) is 0 Å². The zero-order valence-corrected chi connectivity index (χ0v) is 8.62. The van der Waals surface area contributed by atoms with Crippen LogP contribution in [-0.4, -0.2) is 10.1 Å². The number of aliphatic hydroxyl groups excluding tert-OH is 1. The van der Waals surface area contributed by atoms with E-state index in [1.165, 1.54) is 6.07 Å². The molecule has 0 fully saturated rings. The van der Waals surface area contributed by atoms with Crippen molar-refractivity contribution in [2.75, 3.05) is 5.73 Å². The molecule has 0 saturated carbocycles. The molecule has 1 rings (SSSR count). The number of halogens is 3. The summed E-state index contributed by atoms with van der Waals surface area (Å²) >= 11 is 1.81. The van der Waals surface area contributed by atoms with E-state index in [-0.39, 0.29) is 17.1 Å². The standard InChI is InChI=1S/C7H7F2IN2O/c8-6(9)3-1-4(10)7(11)12-5(3)2-13/h1,6,13H,2H2,(H2,11,12). The Kier molecular flexibility index (Phi) is 3.37. The van der Waals surface area contributed by atoms with Crippen LogP contribution in [0.2, 0.25) is 0 Å². The van der Waals surface area contributed by atoms with Crippen LogP contribution in [0.25, 0.3) is 0 Å². The second kappa shape index (κ2) is 4.14. The van der Waals surface area contributed by atoms with Gasteiger partial charge in [-0.25, -0.2) is 13.8 Å². The van der Waals surface area contributed by atoms with Crippen LogP contribution in [0.5, 0.6) is 0 Å². The lowest BCUT2D eigenvalue weighted by molar-refractivity contribution is 0.146. The van der Waals surface area contributed by atoms with Gasteiger partial charge in [-0.05, 0) is 28.7 Å². The van der Waals surface area contributed by atoms with Crippen molar-refractivity contribution in [3.8, 4) is 0 Å². The Morgan fingerprint density at radius 3 is 2.69 bits per heavy atom. The maximum Gasteiger partial charge on any atom is 0.265 e. The highest BCUT2D eigenvalue weighted by molar-refractivity contribution is 14.1. The number of nitrogens with two attached hydrogens (primary N) is 1. The monoisotopic (exact) mass is 300 g/mol. The second-order valence-corrected chi connectivity index (χ2v) is 3.51. The highest BCUT2D eigenvalue weighted by Gasteiger charge is 2.15. The van der Waals surface area contributed by atoms with E-state index in [1.54, 1.807) is 0 Å². The maximum atomic E-state index is 12.3. The first-order valence-corrected chi connectivity index (χ1v) is 4.48. The molecular formula is C7H7F2IN2O. The first kappa shape index (κ1) is 10.6. The van der Waals surface area contributed by atoms with Crippen LogP contribution in [-0.2, 0) is 6.61 Å². The van der Waals surface area contributed by atoms with Gasteiger partial charge >= 0.3 is 0 Å². The lowest BCUT2D eigenvalue weighted by Crippen LogP contribution is -2.04. The molecular weight excluding hydrogens is 293 g/mol. The van der Waals surface area contributed by atoms with E-state index in [2.05, 4.69) is 4.98 Å². The quantitative estimate of drug-likeness (QED) is 0.817. The summed E-state index contributed by atoms with van der Waals surface area (Å²) in [6, 6.07) is 1.24. The molecule has 1 aromatic heterocycles. The molecule has 0 aliphatic heterocycles. The summed E-state index contributed by atoms with van der Waals surface area (Å²) < 4.78 is 25.1. The number of aliphatic hydroxyl groups is 1. The fourth-order valence-corrected chi connectivity index (χ4v) is 1.33. The van der Waals surface area contributed by atoms with Crippen molar-refractivity contribution in [3.63, 3.8) is 0 Å².